The van der Waals surface area contributed by atoms with Crippen molar-refractivity contribution in [3.8, 4) is 6.07 Å². The molecule has 6 heteroatoms. The van der Waals surface area contributed by atoms with Crippen molar-refractivity contribution < 1.29 is 8.42 Å². The highest BCUT2D eigenvalue weighted by Crippen LogP contribution is 2.20. The molecular weight excluding hydrogens is 238 g/mol. The summed E-state index contributed by atoms with van der Waals surface area (Å²) >= 11 is 0. The van der Waals surface area contributed by atoms with E-state index in [0.717, 1.165) is 19.3 Å². The molecule has 5 nitrogen and oxygen atoms in total. The van der Waals surface area contributed by atoms with Gasteiger partial charge >= 0.3 is 0 Å². The molecule has 1 heterocycles. The minimum Gasteiger partial charge on any atom is -0.201 e. The van der Waals surface area contributed by atoms with E-state index >= 15 is 0 Å². The van der Waals surface area contributed by atoms with E-state index in [-0.39, 0.29) is 12.6 Å². The van der Waals surface area contributed by atoms with Crippen LogP contribution in [-0.4, -0.2) is 31.9 Å². The quantitative estimate of drug-likeness (QED) is 0.825. The fraction of sp³-hybridized carbons (Fsp3) is 0.909. The summed E-state index contributed by atoms with van der Waals surface area (Å²) in [7, 11) is -3.44. The van der Waals surface area contributed by atoms with Gasteiger partial charge in [-0.25, -0.2) is 4.72 Å². The molecule has 1 fully saturated rings. The highest BCUT2D eigenvalue weighted by molar-refractivity contribution is 7.87. The maximum atomic E-state index is 12.1. The molecule has 1 atom stereocenters. The van der Waals surface area contributed by atoms with Crippen LogP contribution in [0.1, 0.15) is 40.0 Å². The zero-order chi connectivity index (χ0) is 13.1. The van der Waals surface area contributed by atoms with Crippen molar-refractivity contribution in [3.05, 3.63) is 0 Å². The largest absolute Gasteiger partial charge is 0.279 e. The van der Waals surface area contributed by atoms with Gasteiger partial charge in [0.2, 0.25) is 0 Å². The lowest BCUT2D eigenvalue weighted by molar-refractivity contribution is 0.264. The van der Waals surface area contributed by atoms with Crippen LogP contribution >= 0.6 is 0 Å². The van der Waals surface area contributed by atoms with Gasteiger partial charge in [0.05, 0.1) is 11.5 Å². The highest BCUT2D eigenvalue weighted by atomic mass is 32.2. The second kappa shape index (κ2) is 5.34. The normalized spacial score (nSPS) is 23.3. The van der Waals surface area contributed by atoms with Crippen LogP contribution < -0.4 is 4.72 Å². The molecule has 1 unspecified atom stereocenters. The van der Waals surface area contributed by atoms with E-state index in [1.54, 1.807) is 13.8 Å². The fourth-order valence-electron chi connectivity index (χ4n) is 1.82. The van der Waals surface area contributed by atoms with Gasteiger partial charge in [-0.2, -0.15) is 18.0 Å². The third-order valence-corrected chi connectivity index (χ3v) is 4.72. The van der Waals surface area contributed by atoms with Crippen molar-refractivity contribution in [2.45, 2.75) is 46.1 Å². The molecule has 17 heavy (non-hydrogen) atoms. The van der Waals surface area contributed by atoms with Gasteiger partial charge < -0.3 is 0 Å². The molecule has 1 N–H and O–H groups in total. The molecule has 0 aliphatic carbocycles. The summed E-state index contributed by atoms with van der Waals surface area (Å²) in [6.07, 6.45) is 2.90. The number of rotatable bonds is 4. The molecule has 1 saturated heterocycles. The molecule has 0 amide bonds. The van der Waals surface area contributed by atoms with E-state index in [1.807, 2.05) is 6.92 Å². The van der Waals surface area contributed by atoms with Crippen LogP contribution in [0.2, 0.25) is 0 Å². The lowest BCUT2D eigenvalue weighted by Gasteiger charge is -2.32. The van der Waals surface area contributed by atoms with E-state index in [9.17, 15) is 8.42 Å². The molecule has 0 saturated carbocycles. The maximum absolute atomic E-state index is 12.1. The minimum atomic E-state index is -3.44. The van der Waals surface area contributed by atoms with Gasteiger partial charge in [-0.1, -0.05) is 6.42 Å². The van der Waals surface area contributed by atoms with Gasteiger partial charge in [0.1, 0.15) is 0 Å². The van der Waals surface area contributed by atoms with Crippen LogP contribution in [0.4, 0.5) is 0 Å². The first kappa shape index (κ1) is 14.4. The average Bonchev–Trinajstić information content (AvgIpc) is 2.27. The molecule has 1 rings (SSSR count). The van der Waals surface area contributed by atoms with Crippen LogP contribution in [0.3, 0.4) is 0 Å². The first-order valence-electron chi connectivity index (χ1n) is 5.96. The van der Waals surface area contributed by atoms with Crippen molar-refractivity contribution in [1.82, 2.24) is 9.03 Å². The van der Waals surface area contributed by atoms with Crippen molar-refractivity contribution in [3.63, 3.8) is 0 Å². The molecule has 1 aliphatic rings. The van der Waals surface area contributed by atoms with Crippen molar-refractivity contribution in [2.24, 2.45) is 5.41 Å². The molecule has 1 aliphatic heterocycles. The van der Waals surface area contributed by atoms with Crippen LogP contribution in [0.15, 0.2) is 0 Å². The highest BCUT2D eigenvalue weighted by Gasteiger charge is 2.30. The summed E-state index contributed by atoms with van der Waals surface area (Å²) in [6.45, 7) is 6.08. The SMILES string of the molecule is CC1CCCCN1S(=O)(=O)NCC(C)(C)C#N. The predicted molar refractivity (Wildman–Crippen MR) is 66.3 cm³/mol. The summed E-state index contributed by atoms with van der Waals surface area (Å²) in [6, 6.07) is 2.13. The van der Waals surface area contributed by atoms with Crippen molar-refractivity contribution >= 4 is 10.2 Å². The Morgan fingerprint density at radius 2 is 2.12 bits per heavy atom. The smallest absolute Gasteiger partial charge is 0.201 e. The van der Waals surface area contributed by atoms with E-state index < -0.39 is 15.6 Å². The molecule has 0 radical (unpaired) electrons. The first-order valence-corrected chi connectivity index (χ1v) is 7.40. The van der Waals surface area contributed by atoms with E-state index in [4.69, 9.17) is 5.26 Å². The third-order valence-electron chi connectivity index (χ3n) is 3.05. The Bertz CT molecular complexity index is 397. The van der Waals surface area contributed by atoms with E-state index in [0.29, 0.717) is 6.54 Å². The number of nitrogens with zero attached hydrogens (tertiary/aromatic N) is 2. The average molecular weight is 259 g/mol. The Morgan fingerprint density at radius 3 is 2.65 bits per heavy atom. The predicted octanol–water partition coefficient (Wildman–Crippen LogP) is 1.24. The topological polar surface area (TPSA) is 73.2 Å². The third kappa shape index (κ3) is 3.95. The number of piperidine rings is 1. The number of nitrogens with one attached hydrogen (secondary N) is 1. The summed E-state index contributed by atoms with van der Waals surface area (Å²) in [5, 5.41) is 8.85. The van der Waals surface area contributed by atoms with Gasteiger partial charge in [-0.05, 0) is 33.6 Å². The fourth-order valence-corrected chi connectivity index (χ4v) is 3.48. The second-order valence-corrected chi connectivity index (χ2v) is 6.99. The van der Waals surface area contributed by atoms with Gasteiger partial charge in [-0.15, -0.1) is 0 Å². The Hall–Kier alpha value is -0.640. The number of hydrogen-bond acceptors (Lipinski definition) is 3. The summed E-state index contributed by atoms with van der Waals surface area (Å²) in [4.78, 5) is 0. The molecule has 0 aromatic rings. The van der Waals surface area contributed by atoms with Crippen LogP contribution in [0.5, 0.6) is 0 Å². The minimum absolute atomic E-state index is 0.0476. The molecule has 0 aromatic carbocycles. The summed E-state index contributed by atoms with van der Waals surface area (Å²) < 4.78 is 28.2. The van der Waals surface area contributed by atoms with Gasteiger partial charge in [0, 0.05) is 19.1 Å². The zero-order valence-corrected chi connectivity index (χ0v) is 11.5. The first-order chi connectivity index (χ1) is 7.78. The lowest BCUT2D eigenvalue weighted by Crippen LogP contribution is -2.49. The molecular formula is C11H21N3O2S. The Balaban J connectivity index is 2.66. The Labute approximate surface area is 104 Å². The standard InChI is InChI=1S/C11H21N3O2S/c1-10-6-4-5-7-14(10)17(15,16)13-9-11(2,3)8-12/h10,13H,4-7,9H2,1-3H3. The monoisotopic (exact) mass is 259 g/mol. The summed E-state index contributed by atoms with van der Waals surface area (Å²) in [5.74, 6) is 0. The van der Waals surface area contributed by atoms with Crippen LogP contribution in [0, 0.1) is 16.7 Å². The van der Waals surface area contributed by atoms with Crippen LogP contribution in [0.25, 0.3) is 0 Å². The second-order valence-electron chi connectivity index (χ2n) is 5.28. The molecule has 0 spiro atoms. The molecule has 98 valence electrons. The maximum Gasteiger partial charge on any atom is 0.279 e. The summed E-state index contributed by atoms with van der Waals surface area (Å²) in [5.41, 5.74) is -0.675. The molecule has 0 aromatic heterocycles. The number of hydrogen-bond donors (Lipinski definition) is 1. The molecule has 0 bridgehead atoms. The lowest BCUT2D eigenvalue weighted by atomic mass is 9.97. The van der Waals surface area contributed by atoms with Gasteiger partial charge in [0.25, 0.3) is 10.2 Å². The Morgan fingerprint density at radius 1 is 1.47 bits per heavy atom. The van der Waals surface area contributed by atoms with E-state index in [1.165, 1.54) is 4.31 Å². The van der Waals surface area contributed by atoms with Crippen molar-refractivity contribution in [1.29, 1.82) is 5.26 Å². The van der Waals surface area contributed by atoms with Gasteiger partial charge in [0.15, 0.2) is 0 Å². The van der Waals surface area contributed by atoms with Crippen molar-refractivity contribution in [2.75, 3.05) is 13.1 Å². The Kier molecular flexibility index (Phi) is 4.53. The van der Waals surface area contributed by atoms with E-state index in [2.05, 4.69) is 10.8 Å². The zero-order valence-electron chi connectivity index (χ0n) is 10.7. The van der Waals surface area contributed by atoms with Gasteiger partial charge in [-0.3, -0.25) is 0 Å². The van der Waals surface area contributed by atoms with Crippen LogP contribution in [-0.2, 0) is 10.2 Å². The number of nitriles is 1.